The molecule has 0 saturated heterocycles. The quantitative estimate of drug-likeness (QED) is 0.779. The second kappa shape index (κ2) is 4.97. The molecule has 2 aromatic heterocycles. The topological polar surface area (TPSA) is 29.9 Å². The van der Waals surface area contributed by atoms with Crippen LogP contribution < -0.4 is 5.32 Å². The van der Waals surface area contributed by atoms with Crippen LogP contribution in [0.4, 0.5) is 14.5 Å². The van der Waals surface area contributed by atoms with Gasteiger partial charge in [0.1, 0.15) is 5.82 Å². The molecule has 1 N–H and O–H groups in total. The fraction of sp³-hybridized carbons (Fsp3) is 0.154. The van der Waals surface area contributed by atoms with Crippen LogP contribution in [0.25, 0.3) is 10.1 Å². The smallest absolute Gasteiger partial charge is 0.319 e. The molecule has 0 saturated carbocycles. The fourth-order valence-electron chi connectivity index (χ4n) is 1.92. The molecule has 3 nitrogen and oxygen atoms in total. The predicted molar refractivity (Wildman–Crippen MR) is 72.6 cm³/mol. The molecular weight excluding hydrogens is 268 g/mol. The lowest BCUT2D eigenvalue weighted by atomic mass is 10.2. The fourth-order valence-corrected chi connectivity index (χ4v) is 2.69. The van der Waals surface area contributed by atoms with E-state index in [4.69, 9.17) is 0 Å². The summed E-state index contributed by atoms with van der Waals surface area (Å²) in [7, 11) is 0. The van der Waals surface area contributed by atoms with Crippen molar-refractivity contribution >= 4 is 27.1 Å². The molecule has 2 heterocycles. The number of rotatable bonds is 4. The molecule has 0 aliphatic carbocycles. The van der Waals surface area contributed by atoms with Crippen molar-refractivity contribution in [1.29, 1.82) is 0 Å². The number of hydrogen-bond donors (Lipinski definition) is 1. The third-order valence-electron chi connectivity index (χ3n) is 2.86. The van der Waals surface area contributed by atoms with Gasteiger partial charge in [-0.25, -0.2) is 4.98 Å². The van der Waals surface area contributed by atoms with Crippen LogP contribution in [-0.2, 0) is 6.54 Å². The van der Waals surface area contributed by atoms with Crippen molar-refractivity contribution in [3.05, 3.63) is 47.9 Å². The zero-order chi connectivity index (χ0) is 13.2. The molecule has 0 bridgehead atoms. The van der Waals surface area contributed by atoms with E-state index in [0.717, 1.165) is 15.6 Å². The molecule has 0 fully saturated rings. The lowest BCUT2D eigenvalue weighted by Gasteiger charge is -2.08. The SMILES string of the molecule is FC(F)n1ccnc1CNc1ccc2sccc2c1. The number of anilines is 1. The summed E-state index contributed by atoms with van der Waals surface area (Å²) in [6, 6.07) is 7.99. The molecule has 19 heavy (non-hydrogen) atoms. The van der Waals surface area contributed by atoms with Crippen molar-refractivity contribution in [3.8, 4) is 0 Å². The van der Waals surface area contributed by atoms with E-state index in [1.54, 1.807) is 11.3 Å². The van der Waals surface area contributed by atoms with Gasteiger partial charge in [-0.2, -0.15) is 8.78 Å². The van der Waals surface area contributed by atoms with Crippen LogP contribution in [0.15, 0.2) is 42.0 Å². The third kappa shape index (κ3) is 2.44. The van der Waals surface area contributed by atoms with Crippen LogP contribution in [0.3, 0.4) is 0 Å². The lowest BCUT2D eigenvalue weighted by molar-refractivity contribution is 0.0673. The number of hydrogen-bond acceptors (Lipinski definition) is 3. The molecule has 0 atom stereocenters. The number of nitrogens with one attached hydrogen (secondary N) is 1. The summed E-state index contributed by atoms with van der Waals surface area (Å²) in [6.45, 7) is -2.29. The Morgan fingerprint density at radius 3 is 3.05 bits per heavy atom. The number of thiophene rings is 1. The summed E-state index contributed by atoms with van der Waals surface area (Å²) >= 11 is 1.67. The van der Waals surface area contributed by atoms with Crippen LogP contribution in [0.2, 0.25) is 0 Å². The van der Waals surface area contributed by atoms with E-state index in [2.05, 4.69) is 10.3 Å². The molecule has 1 aromatic carbocycles. The molecule has 0 unspecified atom stereocenters. The van der Waals surface area contributed by atoms with Crippen LogP contribution in [-0.4, -0.2) is 9.55 Å². The van der Waals surface area contributed by atoms with Gasteiger partial charge in [-0.1, -0.05) is 0 Å². The van der Waals surface area contributed by atoms with E-state index in [9.17, 15) is 8.78 Å². The van der Waals surface area contributed by atoms with Crippen LogP contribution in [0.1, 0.15) is 12.4 Å². The number of halogens is 2. The largest absolute Gasteiger partial charge is 0.378 e. The van der Waals surface area contributed by atoms with Gasteiger partial charge >= 0.3 is 6.55 Å². The van der Waals surface area contributed by atoms with Gasteiger partial charge in [0.15, 0.2) is 0 Å². The van der Waals surface area contributed by atoms with Crippen molar-refractivity contribution in [2.45, 2.75) is 13.1 Å². The van der Waals surface area contributed by atoms with Crippen LogP contribution >= 0.6 is 11.3 Å². The molecule has 98 valence electrons. The molecule has 0 radical (unpaired) electrons. The number of alkyl halides is 2. The second-order valence-corrected chi connectivity index (χ2v) is 5.00. The monoisotopic (exact) mass is 279 g/mol. The van der Waals surface area contributed by atoms with Gasteiger partial charge in [0.25, 0.3) is 0 Å². The summed E-state index contributed by atoms with van der Waals surface area (Å²) in [6.07, 6.45) is 2.66. The van der Waals surface area contributed by atoms with E-state index in [1.807, 2.05) is 29.6 Å². The van der Waals surface area contributed by atoms with E-state index >= 15 is 0 Å². The van der Waals surface area contributed by atoms with Gasteiger partial charge in [0.2, 0.25) is 0 Å². The Balaban J connectivity index is 1.76. The predicted octanol–water partition coefficient (Wildman–Crippen LogP) is 4.11. The first-order chi connectivity index (χ1) is 9.24. The molecule has 3 rings (SSSR count). The van der Waals surface area contributed by atoms with Crippen molar-refractivity contribution < 1.29 is 8.78 Å². The summed E-state index contributed by atoms with van der Waals surface area (Å²) in [5.74, 6) is 0.320. The number of nitrogens with zero attached hydrogens (tertiary/aromatic N) is 2. The molecule has 0 aliphatic heterocycles. The van der Waals surface area contributed by atoms with Gasteiger partial charge in [0.05, 0.1) is 6.54 Å². The van der Waals surface area contributed by atoms with Gasteiger partial charge in [-0.15, -0.1) is 11.3 Å². The summed E-state index contributed by atoms with van der Waals surface area (Å²) in [5.41, 5.74) is 0.898. The average molecular weight is 279 g/mol. The summed E-state index contributed by atoms with van der Waals surface area (Å²) < 4.78 is 27.4. The average Bonchev–Trinajstić information content (AvgIpc) is 3.04. The lowest BCUT2D eigenvalue weighted by Crippen LogP contribution is -2.08. The van der Waals surface area contributed by atoms with E-state index < -0.39 is 6.55 Å². The zero-order valence-electron chi connectivity index (χ0n) is 9.88. The number of imidazole rings is 1. The maximum Gasteiger partial charge on any atom is 0.319 e. The number of aromatic nitrogens is 2. The van der Waals surface area contributed by atoms with Crippen molar-refractivity contribution in [2.24, 2.45) is 0 Å². The highest BCUT2D eigenvalue weighted by Gasteiger charge is 2.10. The molecule has 0 aliphatic rings. The summed E-state index contributed by atoms with van der Waals surface area (Å²) in [4.78, 5) is 3.93. The zero-order valence-corrected chi connectivity index (χ0v) is 10.7. The highest BCUT2D eigenvalue weighted by molar-refractivity contribution is 7.17. The van der Waals surface area contributed by atoms with E-state index in [-0.39, 0.29) is 6.54 Å². The van der Waals surface area contributed by atoms with Crippen molar-refractivity contribution in [2.75, 3.05) is 5.32 Å². The Morgan fingerprint density at radius 2 is 2.21 bits per heavy atom. The van der Waals surface area contributed by atoms with Gasteiger partial charge < -0.3 is 5.32 Å². The van der Waals surface area contributed by atoms with Crippen LogP contribution in [0, 0.1) is 0 Å². The Labute approximate surface area is 112 Å². The van der Waals surface area contributed by atoms with Crippen molar-refractivity contribution in [3.63, 3.8) is 0 Å². The minimum atomic E-state index is -2.56. The summed E-state index contributed by atoms with van der Waals surface area (Å²) in [5, 5.41) is 6.28. The second-order valence-electron chi connectivity index (χ2n) is 4.06. The van der Waals surface area contributed by atoms with E-state index in [1.165, 1.54) is 17.1 Å². The standard InChI is InChI=1S/C13H11F2N3S/c14-13(15)18-5-4-16-12(18)8-17-10-1-2-11-9(7-10)3-6-19-11/h1-7,13,17H,8H2. The Morgan fingerprint density at radius 1 is 1.32 bits per heavy atom. The first-order valence-corrected chi connectivity index (χ1v) is 6.63. The molecular formula is C13H11F2N3S. The first kappa shape index (κ1) is 12.1. The first-order valence-electron chi connectivity index (χ1n) is 5.75. The van der Waals surface area contributed by atoms with Gasteiger partial charge in [-0.3, -0.25) is 4.57 Å². The minimum Gasteiger partial charge on any atom is -0.378 e. The van der Waals surface area contributed by atoms with Gasteiger partial charge in [-0.05, 0) is 35.0 Å². The van der Waals surface area contributed by atoms with E-state index in [0.29, 0.717) is 5.82 Å². The molecule has 0 amide bonds. The Kier molecular flexibility index (Phi) is 3.16. The highest BCUT2D eigenvalue weighted by Crippen LogP contribution is 2.24. The maximum absolute atomic E-state index is 12.6. The molecule has 3 aromatic rings. The van der Waals surface area contributed by atoms with Gasteiger partial charge in [0, 0.05) is 22.8 Å². The molecule has 0 spiro atoms. The Bertz CT molecular complexity index is 690. The van der Waals surface area contributed by atoms with Crippen LogP contribution in [0.5, 0.6) is 0 Å². The molecule has 6 heteroatoms. The third-order valence-corrected chi connectivity index (χ3v) is 3.76. The number of benzene rings is 1. The Hall–Kier alpha value is -1.95. The maximum atomic E-state index is 12.6. The van der Waals surface area contributed by atoms with Crippen molar-refractivity contribution in [1.82, 2.24) is 9.55 Å². The highest BCUT2D eigenvalue weighted by atomic mass is 32.1. The normalized spacial score (nSPS) is 11.3. The number of fused-ring (bicyclic) bond motifs is 1. The minimum absolute atomic E-state index is 0.271.